The van der Waals surface area contributed by atoms with Gasteiger partial charge in [-0.15, -0.1) is 0 Å². The number of rotatable bonds is 5. The lowest BCUT2D eigenvalue weighted by Crippen LogP contribution is -2.35. The van der Waals surface area contributed by atoms with Crippen LogP contribution in [0, 0.1) is 0 Å². The third kappa shape index (κ3) is 2.72. The van der Waals surface area contributed by atoms with Crippen LogP contribution in [0.2, 0.25) is 0 Å². The Labute approximate surface area is 160 Å². The minimum atomic E-state index is 0.332. The van der Waals surface area contributed by atoms with Crippen molar-refractivity contribution in [2.75, 3.05) is 41.5 Å². The van der Waals surface area contributed by atoms with E-state index in [9.17, 15) is 0 Å². The lowest BCUT2D eigenvalue weighted by Gasteiger charge is -2.40. The van der Waals surface area contributed by atoms with Crippen molar-refractivity contribution >= 4 is 0 Å². The van der Waals surface area contributed by atoms with Crippen molar-refractivity contribution in [1.82, 2.24) is 4.90 Å². The van der Waals surface area contributed by atoms with Crippen molar-refractivity contribution in [2.45, 2.75) is 25.8 Å². The number of nitrogens with zero attached hydrogens (tertiary/aromatic N) is 1. The lowest BCUT2D eigenvalue weighted by atomic mass is 9.76. The van der Waals surface area contributed by atoms with E-state index in [1.165, 1.54) is 16.7 Å². The van der Waals surface area contributed by atoms with E-state index in [2.05, 4.69) is 30.1 Å². The van der Waals surface area contributed by atoms with Gasteiger partial charge in [-0.25, -0.2) is 0 Å². The average molecular weight is 369 g/mol. The Bertz CT molecular complexity index is 877. The van der Waals surface area contributed by atoms with Crippen LogP contribution in [0.5, 0.6) is 23.0 Å². The molecule has 2 aliphatic rings. The van der Waals surface area contributed by atoms with Gasteiger partial charge in [0.2, 0.25) is 0 Å². The van der Waals surface area contributed by atoms with Gasteiger partial charge in [0.15, 0.2) is 23.0 Å². The molecule has 0 fully saturated rings. The number of fused-ring (bicyclic) bond motifs is 2. The van der Waals surface area contributed by atoms with Gasteiger partial charge in [-0.1, -0.05) is 0 Å². The zero-order valence-corrected chi connectivity index (χ0v) is 16.7. The summed E-state index contributed by atoms with van der Waals surface area (Å²) in [5.41, 5.74) is 6.24. The minimum Gasteiger partial charge on any atom is -0.493 e. The summed E-state index contributed by atoms with van der Waals surface area (Å²) >= 11 is 0. The Morgan fingerprint density at radius 3 is 2.37 bits per heavy atom. The van der Waals surface area contributed by atoms with Gasteiger partial charge in [0.05, 0.1) is 27.9 Å². The van der Waals surface area contributed by atoms with Crippen LogP contribution in [0.4, 0.5) is 0 Å². The maximum Gasteiger partial charge on any atom is 0.168 e. The van der Waals surface area contributed by atoms with Gasteiger partial charge in [-0.05, 0) is 67.3 Å². The van der Waals surface area contributed by atoms with Crippen LogP contribution in [0.1, 0.15) is 29.7 Å². The van der Waals surface area contributed by atoms with Crippen LogP contribution in [0.25, 0.3) is 11.1 Å². The fraction of sp³-hybridized carbons (Fsp3) is 0.455. The van der Waals surface area contributed by atoms with Gasteiger partial charge in [-0.2, -0.15) is 0 Å². The molecule has 0 saturated heterocycles. The van der Waals surface area contributed by atoms with E-state index in [1.807, 2.05) is 6.92 Å². The number of ether oxygens (including phenoxy) is 4. The fourth-order valence-electron chi connectivity index (χ4n) is 4.49. The molecule has 2 aromatic rings. The summed E-state index contributed by atoms with van der Waals surface area (Å²) in [6.07, 6.45) is 1.96. The summed E-state index contributed by atoms with van der Waals surface area (Å²) in [4.78, 5) is 2.44. The van der Waals surface area contributed by atoms with Crippen molar-refractivity contribution in [3.8, 4) is 34.1 Å². The Hall–Kier alpha value is -2.40. The Balaban J connectivity index is 2.03. The largest absolute Gasteiger partial charge is 0.493 e. The third-order valence-electron chi connectivity index (χ3n) is 5.77. The smallest absolute Gasteiger partial charge is 0.168 e. The van der Waals surface area contributed by atoms with E-state index in [4.69, 9.17) is 18.9 Å². The van der Waals surface area contributed by atoms with Gasteiger partial charge >= 0.3 is 0 Å². The second-order valence-corrected chi connectivity index (χ2v) is 7.10. The average Bonchev–Trinajstić information content (AvgIpc) is 2.69. The summed E-state index contributed by atoms with van der Waals surface area (Å²) in [7, 11) is 7.29. The molecule has 4 rings (SSSR count). The summed E-state index contributed by atoms with van der Waals surface area (Å²) in [5, 5.41) is 0. The second-order valence-electron chi connectivity index (χ2n) is 7.10. The summed E-state index contributed by atoms with van der Waals surface area (Å²) < 4.78 is 22.9. The first-order valence-corrected chi connectivity index (χ1v) is 9.44. The van der Waals surface area contributed by atoms with Gasteiger partial charge in [0.1, 0.15) is 0 Å². The molecule has 2 aromatic carbocycles. The van der Waals surface area contributed by atoms with E-state index < -0.39 is 0 Å². The Morgan fingerprint density at radius 1 is 0.963 bits per heavy atom. The highest BCUT2D eigenvalue weighted by molar-refractivity contribution is 5.85. The zero-order chi connectivity index (χ0) is 19.1. The molecule has 0 aromatic heterocycles. The molecule has 0 spiro atoms. The van der Waals surface area contributed by atoms with Crippen molar-refractivity contribution in [1.29, 1.82) is 0 Å². The SMILES string of the molecule is CCOc1cc2c(cc1OC)-c1c(OC)c(OC)cc3c1[C@H](C2)N(C)CC3. The maximum absolute atomic E-state index is 5.83. The predicted octanol–water partition coefficient (Wildman–Crippen LogP) is 3.86. The first-order valence-electron chi connectivity index (χ1n) is 9.44. The van der Waals surface area contributed by atoms with Crippen LogP contribution in [0.3, 0.4) is 0 Å². The molecule has 0 radical (unpaired) electrons. The van der Waals surface area contributed by atoms with Crippen molar-refractivity contribution in [2.24, 2.45) is 0 Å². The minimum absolute atomic E-state index is 0.332. The number of hydrogen-bond acceptors (Lipinski definition) is 5. The zero-order valence-electron chi connectivity index (χ0n) is 16.7. The van der Waals surface area contributed by atoms with E-state index in [0.29, 0.717) is 12.6 Å². The Morgan fingerprint density at radius 2 is 1.70 bits per heavy atom. The first-order chi connectivity index (χ1) is 13.1. The van der Waals surface area contributed by atoms with Crippen LogP contribution in [-0.2, 0) is 12.8 Å². The molecular formula is C22H27NO4. The molecule has 27 heavy (non-hydrogen) atoms. The number of hydrogen-bond donors (Lipinski definition) is 0. The van der Waals surface area contributed by atoms with E-state index >= 15 is 0 Å². The van der Waals surface area contributed by atoms with Crippen molar-refractivity contribution < 1.29 is 18.9 Å². The molecule has 1 heterocycles. The molecule has 5 nitrogen and oxygen atoms in total. The Kier molecular flexibility index (Phi) is 4.64. The molecule has 0 unspecified atom stereocenters. The fourth-order valence-corrected chi connectivity index (χ4v) is 4.49. The molecule has 1 aliphatic heterocycles. The highest BCUT2D eigenvalue weighted by Crippen LogP contribution is 2.53. The van der Waals surface area contributed by atoms with Crippen LogP contribution in [0.15, 0.2) is 18.2 Å². The number of benzene rings is 2. The van der Waals surface area contributed by atoms with Crippen molar-refractivity contribution in [3.63, 3.8) is 0 Å². The van der Waals surface area contributed by atoms with Gasteiger partial charge in [-0.3, -0.25) is 4.90 Å². The van der Waals surface area contributed by atoms with E-state index in [1.54, 1.807) is 21.3 Å². The van der Waals surface area contributed by atoms with Gasteiger partial charge < -0.3 is 18.9 Å². The van der Waals surface area contributed by atoms with Gasteiger partial charge in [0.25, 0.3) is 0 Å². The summed E-state index contributed by atoms with van der Waals surface area (Å²) in [6, 6.07) is 6.69. The first kappa shape index (κ1) is 18.0. The maximum atomic E-state index is 5.83. The molecule has 5 heteroatoms. The quantitative estimate of drug-likeness (QED) is 0.800. The molecule has 144 valence electrons. The molecule has 0 N–H and O–H groups in total. The molecule has 0 bridgehead atoms. The third-order valence-corrected chi connectivity index (χ3v) is 5.77. The molecular weight excluding hydrogens is 342 g/mol. The number of likely N-dealkylation sites (N-methyl/N-ethyl adjacent to an activating group) is 1. The number of methoxy groups -OCH3 is 3. The predicted molar refractivity (Wildman–Crippen MR) is 105 cm³/mol. The lowest BCUT2D eigenvalue weighted by molar-refractivity contribution is 0.226. The topological polar surface area (TPSA) is 40.2 Å². The van der Waals surface area contributed by atoms with Crippen LogP contribution in [-0.4, -0.2) is 46.4 Å². The van der Waals surface area contributed by atoms with Crippen LogP contribution >= 0.6 is 0 Å². The molecule has 0 amide bonds. The van der Waals surface area contributed by atoms with Crippen molar-refractivity contribution in [3.05, 3.63) is 34.9 Å². The highest BCUT2D eigenvalue weighted by atomic mass is 16.5. The standard InChI is InChI=1S/C22H27NO4/c1-6-27-18-11-14-9-16-20-13(7-8-23(16)2)10-19(25-4)22(26-5)21(20)15(14)12-17(18)24-3/h10-12,16H,6-9H2,1-5H3/t16-/m0/s1. The normalized spacial score (nSPS) is 17.7. The monoisotopic (exact) mass is 369 g/mol. The van der Waals surface area contributed by atoms with Crippen LogP contribution < -0.4 is 18.9 Å². The second kappa shape index (κ2) is 6.97. The summed E-state index contributed by atoms with van der Waals surface area (Å²) in [5.74, 6) is 3.12. The van der Waals surface area contributed by atoms with E-state index in [-0.39, 0.29) is 0 Å². The van der Waals surface area contributed by atoms with E-state index in [0.717, 1.165) is 53.5 Å². The summed E-state index contributed by atoms with van der Waals surface area (Å²) in [6.45, 7) is 3.63. The molecule has 0 saturated carbocycles. The molecule has 1 aliphatic carbocycles. The van der Waals surface area contributed by atoms with Gasteiger partial charge in [0, 0.05) is 18.2 Å². The highest BCUT2D eigenvalue weighted by Gasteiger charge is 2.36. The molecule has 1 atom stereocenters.